The highest BCUT2D eigenvalue weighted by Crippen LogP contribution is 2.13. The second kappa shape index (κ2) is 7.47. The molecule has 0 atom stereocenters. The summed E-state index contributed by atoms with van der Waals surface area (Å²) in [5, 5.41) is 11.5. The number of aliphatic carboxylic acids is 1. The first-order valence-electron chi connectivity index (χ1n) is 6.68. The monoisotopic (exact) mass is 291 g/mol. The van der Waals surface area contributed by atoms with Gasteiger partial charge in [0.1, 0.15) is 5.75 Å². The van der Waals surface area contributed by atoms with E-state index in [2.05, 4.69) is 5.32 Å². The molecular formula is C16H21NO4. The number of benzene rings is 1. The molecule has 0 aliphatic carbocycles. The van der Waals surface area contributed by atoms with Gasteiger partial charge in [-0.05, 0) is 44.0 Å². The summed E-state index contributed by atoms with van der Waals surface area (Å²) in [5.74, 6) is -0.362. The molecule has 1 amide bonds. The average Bonchev–Trinajstić information content (AvgIpc) is 2.43. The van der Waals surface area contributed by atoms with Gasteiger partial charge in [-0.2, -0.15) is 0 Å². The summed E-state index contributed by atoms with van der Waals surface area (Å²) >= 11 is 0. The van der Waals surface area contributed by atoms with E-state index in [4.69, 9.17) is 9.84 Å². The van der Waals surface area contributed by atoms with Crippen LogP contribution in [0, 0.1) is 0 Å². The molecule has 0 fully saturated rings. The van der Waals surface area contributed by atoms with Crippen molar-refractivity contribution in [2.24, 2.45) is 0 Å². The Bertz CT molecular complexity index is 518. The number of carbonyl (C=O) groups excluding carboxylic acids is 1. The summed E-state index contributed by atoms with van der Waals surface area (Å²) in [6, 6.07) is 7.32. The standard InChI is InChI=1S/C16H21NO4/c1-16(2,11-10-15(19)20)17-14(18)9-6-12-4-7-13(21-3)8-5-12/h4-9H,10-11H2,1-3H3,(H,17,18)(H,19,20). The van der Waals surface area contributed by atoms with E-state index in [1.807, 2.05) is 24.3 Å². The van der Waals surface area contributed by atoms with Gasteiger partial charge < -0.3 is 15.2 Å². The van der Waals surface area contributed by atoms with Crippen LogP contribution in [0.1, 0.15) is 32.3 Å². The third-order valence-corrected chi connectivity index (χ3v) is 2.97. The van der Waals surface area contributed by atoms with Crippen molar-refractivity contribution >= 4 is 18.0 Å². The van der Waals surface area contributed by atoms with Gasteiger partial charge in [-0.25, -0.2) is 0 Å². The minimum atomic E-state index is -0.869. The first kappa shape index (κ1) is 16.8. The number of carboxylic acid groups (broad SMARTS) is 1. The minimum absolute atomic E-state index is 0.0233. The van der Waals surface area contributed by atoms with Gasteiger partial charge in [-0.3, -0.25) is 9.59 Å². The highest BCUT2D eigenvalue weighted by molar-refractivity contribution is 5.92. The SMILES string of the molecule is COc1ccc(C=CC(=O)NC(C)(C)CCC(=O)O)cc1. The minimum Gasteiger partial charge on any atom is -0.497 e. The molecule has 1 aromatic rings. The van der Waals surface area contributed by atoms with Crippen LogP contribution in [0.3, 0.4) is 0 Å². The quantitative estimate of drug-likeness (QED) is 0.757. The predicted molar refractivity (Wildman–Crippen MR) is 81.1 cm³/mol. The Morgan fingerprint density at radius 2 is 1.90 bits per heavy atom. The van der Waals surface area contributed by atoms with Crippen LogP contribution in [-0.2, 0) is 9.59 Å². The number of methoxy groups -OCH3 is 1. The van der Waals surface area contributed by atoms with E-state index in [0.717, 1.165) is 11.3 Å². The number of rotatable bonds is 7. The fourth-order valence-electron chi connectivity index (χ4n) is 1.74. The van der Waals surface area contributed by atoms with Gasteiger partial charge in [-0.1, -0.05) is 12.1 Å². The van der Waals surface area contributed by atoms with Crippen molar-refractivity contribution in [3.63, 3.8) is 0 Å². The number of hydrogen-bond acceptors (Lipinski definition) is 3. The molecular weight excluding hydrogens is 270 g/mol. The molecule has 0 spiro atoms. The molecule has 5 nitrogen and oxygen atoms in total. The summed E-state index contributed by atoms with van der Waals surface area (Å²) < 4.78 is 5.06. The van der Waals surface area contributed by atoms with Crippen LogP contribution in [0.2, 0.25) is 0 Å². The van der Waals surface area contributed by atoms with Gasteiger partial charge in [-0.15, -0.1) is 0 Å². The van der Waals surface area contributed by atoms with E-state index in [1.54, 1.807) is 27.0 Å². The number of carboxylic acids is 1. The molecule has 1 rings (SSSR count). The van der Waals surface area contributed by atoms with Crippen molar-refractivity contribution in [3.05, 3.63) is 35.9 Å². The third-order valence-electron chi connectivity index (χ3n) is 2.97. The maximum atomic E-state index is 11.8. The average molecular weight is 291 g/mol. The van der Waals surface area contributed by atoms with E-state index in [1.165, 1.54) is 6.08 Å². The van der Waals surface area contributed by atoms with E-state index in [9.17, 15) is 9.59 Å². The van der Waals surface area contributed by atoms with E-state index >= 15 is 0 Å². The van der Waals surface area contributed by atoms with E-state index in [0.29, 0.717) is 6.42 Å². The molecule has 0 radical (unpaired) electrons. The molecule has 2 N–H and O–H groups in total. The molecule has 0 aromatic heterocycles. The Balaban J connectivity index is 2.55. The lowest BCUT2D eigenvalue weighted by molar-refractivity contribution is -0.137. The van der Waals surface area contributed by atoms with Gasteiger partial charge in [0.15, 0.2) is 0 Å². The van der Waals surface area contributed by atoms with Crippen LogP contribution in [-0.4, -0.2) is 29.6 Å². The number of carbonyl (C=O) groups is 2. The maximum absolute atomic E-state index is 11.8. The zero-order chi connectivity index (χ0) is 15.9. The highest BCUT2D eigenvalue weighted by atomic mass is 16.5. The van der Waals surface area contributed by atoms with Crippen molar-refractivity contribution in [2.45, 2.75) is 32.2 Å². The Morgan fingerprint density at radius 1 is 1.29 bits per heavy atom. The highest BCUT2D eigenvalue weighted by Gasteiger charge is 2.20. The van der Waals surface area contributed by atoms with Crippen LogP contribution in [0.4, 0.5) is 0 Å². The van der Waals surface area contributed by atoms with Gasteiger partial charge in [0.2, 0.25) is 5.91 Å². The van der Waals surface area contributed by atoms with Gasteiger partial charge >= 0.3 is 5.97 Å². The van der Waals surface area contributed by atoms with Crippen molar-refractivity contribution < 1.29 is 19.4 Å². The molecule has 0 aliphatic heterocycles. The van der Waals surface area contributed by atoms with E-state index in [-0.39, 0.29) is 12.3 Å². The van der Waals surface area contributed by atoms with Crippen LogP contribution >= 0.6 is 0 Å². The normalized spacial score (nSPS) is 11.4. The first-order valence-corrected chi connectivity index (χ1v) is 6.68. The predicted octanol–water partition coefficient (Wildman–Crippen LogP) is 2.47. The van der Waals surface area contributed by atoms with Gasteiger partial charge in [0, 0.05) is 18.0 Å². The smallest absolute Gasteiger partial charge is 0.303 e. The molecule has 5 heteroatoms. The molecule has 0 unspecified atom stereocenters. The molecule has 1 aromatic carbocycles. The molecule has 21 heavy (non-hydrogen) atoms. The molecule has 0 saturated carbocycles. The number of ether oxygens (including phenoxy) is 1. The molecule has 0 bridgehead atoms. The lowest BCUT2D eigenvalue weighted by Crippen LogP contribution is -2.42. The van der Waals surface area contributed by atoms with Crippen molar-refractivity contribution in [1.82, 2.24) is 5.32 Å². The van der Waals surface area contributed by atoms with Crippen LogP contribution in [0.5, 0.6) is 5.75 Å². The first-order chi connectivity index (χ1) is 9.82. The fourth-order valence-corrected chi connectivity index (χ4v) is 1.74. The maximum Gasteiger partial charge on any atom is 0.303 e. The van der Waals surface area contributed by atoms with Crippen molar-refractivity contribution in [2.75, 3.05) is 7.11 Å². The largest absolute Gasteiger partial charge is 0.497 e. The van der Waals surface area contributed by atoms with Crippen LogP contribution in [0.15, 0.2) is 30.3 Å². The summed E-state index contributed by atoms with van der Waals surface area (Å²) in [6.45, 7) is 3.60. The van der Waals surface area contributed by atoms with Crippen LogP contribution in [0.25, 0.3) is 6.08 Å². The summed E-state index contributed by atoms with van der Waals surface area (Å²) in [4.78, 5) is 22.4. The Labute approximate surface area is 124 Å². The molecule has 0 saturated heterocycles. The third kappa shape index (κ3) is 6.61. The molecule has 0 aliphatic rings. The topological polar surface area (TPSA) is 75.6 Å². The number of nitrogens with one attached hydrogen (secondary N) is 1. The van der Waals surface area contributed by atoms with Crippen molar-refractivity contribution in [1.29, 1.82) is 0 Å². The fraction of sp³-hybridized carbons (Fsp3) is 0.375. The number of amides is 1. The number of hydrogen-bond donors (Lipinski definition) is 2. The lowest BCUT2D eigenvalue weighted by atomic mass is 9.98. The molecule has 114 valence electrons. The Kier molecular flexibility index (Phi) is 5.96. The zero-order valence-electron chi connectivity index (χ0n) is 12.6. The second-order valence-corrected chi connectivity index (χ2v) is 5.37. The Hall–Kier alpha value is -2.30. The molecule has 0 heterocycles. The van der Waals surface area contributed by atoms with E-state index < -0.39 is 11.5 Å². The van der Waals surface area contributed by atoms with Crippen molar-refractivity contribution in [3.8, 4) is 5.75 Å². The zero-order valence-corrected chi connectivity index (χ0v) is 12.6. The van der Waals surface area contributed by atoms with Crippen LogP contribution < -0.4 is 10.1 Å². The van der Waals surface area contributed by atoms with Gasteiger partial charge in [0.25, 0.3) is 0 Å². The lowest BCUT2D eigenvalue weighted by Gasteiger charge is -2.24. The Morgan fingerprint density at radius 3 is 2.43 bits per heavy atom. The summed E-state index contributed by atoms with van der Waals surface area (Å²) in [5.41, 5.74) is 0.328. The summed E-state index contributed by atoms with van der Waals surface area (Å²) in [7, 11) is 1.59. The second-order valence-electron chi connectivity index (χ2n) is 5.37. The summed E-state index contributed by atoms with van der Waals surface area (Å²) in [6.07, 6.45) is 3.53. The van der Waals surface area contributed by atoms with Gasteiger partial charge in [0.05, 0.1) is 7.11 Å².